The molecule has 1 aliphatic rings. The van der Waals surface area contributed by atoms with Crippen molar-refractivity contribution in [2.45, 2.75) is 31.6 Å². The van der Waals surface area contributed by atoms with Crippen LogP contribution in [-0.4, -0.2) is 12.5 Å². The van der Waals surface area contributed by atoms with Crippen molar-refractivity contribution in [3.63, 3.8) is 0 Å². The van der Waals surface area contributed by atoms with E-state index in [0.717, 1.165) is 42.4 Å². The average Bonchev–Trinajstić information content (AvgIpc) is 2.72. The molecule has 2 unspecified atom stereocenters. The fraction of sp³-hybridized carbons (Fsp3) is 0.318. The molecule has 0 bridgehead atoms. The Morgan fingerprint density at radius 2 is 1.88 bits per heavy atom. The third kappa shape index (κ3) is 3.76. The Kier molecular flexibility index (Phi) is 5.66. The molecule has 0 radical (unpaired) electrons. The lowest BCUT2D eigenvalue weighted by Gasteiger charge is -2.32. The normalized spacial score (nSPS) is 19.2. The number of nitriles is 2. The molecule has 2 aromatic rings. The number of nitrogens with one attached hydrogen (secondary N) is 1. The van der Waals surface area contributed by atoms with Crippen LogP contribution in [0.1, 0.15) is 42.7 Å². The van der Waals surface area contributed by atoms with Gasteiger partial charge in [-0.15, -0.1) is 0 Å². The van der Waals surface area contributed by atoms with Crippen LogP contribution >= 0.6 is 0 Å². The van der Waals surface area contributed by atoms with Gasteiger partial charge in [-0.1, -0.05) is 49.2 Å². The first kappa shape index (κ1) is 17.7. The van der Waals surface area contributed by atoms with Crippen molar-refractivity contribution in [3.8, 4) is 23.3 Å². The zero-order valence-electron chi connectivity index (χ0n) is 14.6. The minimum absolute atomic E-state index is 0.0307. The van der Waals surface area contributed by atoms with E-state index >= 15 is 0 Å². The Labute approximate surface area is 154 Å². The number of amides is 1. The van der Waals surface area contributed by atoms with Gasteiger partial charge in [-0.3, -0.25) is 4.79 Å². The van der Waals surface area contributed by atoms with Gasteiger partial charge in [0.15, 0.2) is 0 Å². The number of hydrogen-bond acceptors (Lipinski definition) is 3. The summed E-state index contributed by atoms with van der Waals surface area (Å²) in [6, 6.07) is 19.9. The van der Waals surface area contributed by atoms with Crippen LogP contribution in [0, 0.1) is 28.6 Å². The summed E-state index contributed by atoms with van der Waals surface area (Å²) in [5.74, 6) is -0.0152. The molecule has 1 saturated carbocycles. The highest BCUT2D eigenvalue weighted by Gasteiger charge is 2.33. The second-order valence-electron chi connectivity index (χ2n) is 6.65. The summed E-state index contributed by atoms with van der Waals surface area (Å²) < 4.78 is 0. The molecule has 2 atom stereocenters. The predicted molar refractivity (Wildman–Crippen MR) is 99.9 cm³/mol. The molecular weight excluding hydrogens is 322 g/mol. The van der Waals surface area contributed by atoms with Crippen molar-refractivity contribution in [2.24, 2.45) is 5.92 Å². The number of hydrogen-bond donors (Lipinski definition) is 1. The molecule has 130 valence electrons. The maximum absolute atomic E-state index is 12.6. The van der Waals surface area contributed by atoms with E-state index in [-0.39, 0.29) is 24.3 Å². The monoisotopic (exact) mass is 343 g/mol. The molecule has 4 heteroatoms. The van der Waals surface area contributed by atoms with Gasteiger partial charge in [-0.05, 0) is 47.6 Å². The molecule has 0 saturated heterocycles. The molecule has 26 heavy (non-hydrogen) atoms. The largest absolute Gasteiger partial charge is 0.343 e. The summed E-state index contributed by atoms with van der Waals surface area (Å²) >= 11 is 0. The van der Waals surface area contributed by atoms with Gasteiger partial charge in [0.25, 0.3) is 0 Å². The Hall–Kier alpha value is -3.11. The van der Waals surface area contributed by atoms with Crippen LogP contribution < -0.4 is 5.32 Å². The van der Waals surface area contributed by atoms with Crippen molar-refractivity contribution < 1.29 is 4.79 Å². The first-order valence-electron chi connectivity index (χ1n) is 8.98. The highest BCUT2D eigenvalue weighted by molar-refractivity contribution is 5.81. The summed E-state index contributed by atoms with van der Waals surface area (Å²) in [6.45, 7) is 0.0495. The van der Waals surface area contributed by atoms with E-state index in [4.69, 9.17) is 5.26 Å². The molecule has 1 aliphatic carbocycles. The van der Waals surface area contributed by atoms with Crippen molar-refractivity contribution in [1.29, 1.82) is 10.5 Å². The fourth-order valence-electron chi connectivity index (χ4n) is 3.91. The molecule has 0 spiro atoms. The molecule has 2 aromatic carbocycles. The van der Waals surface area contributed by atoms with E-state index in [1.165, 1.54) is 0 Å². The third-order valence-electron chi connectivity index (χ3n) is 5.11. The molecule has 1 amide bonds. The Morgan fingerprint density at radius 1 is 1.08 bits per heavy atom. The molecule has 3 rings (SSSR count). The van der Waals surface area contributed by atoms with Crippen molar-refractivity contribution in [2.75, 3.05) is 6.54 Å². The van der Waals surface area contributed by atoms with Crippen LogP contribution in [0.4, 0.5) is 0 Å². The Bertz CT molecular complexity index is 875. The first-order chi connectivity index (χ1) is 12.7. The topological polar surface area (TPSA) is 76.7 Å². The molecule has 0 heterocycles. The lowest BCUT2D eigenvalue weighted by atomic mass is 9.73. The first-order valence-corrected chi connectivity index (χ1v) is 8.98. The minimum Gasteiger partial charge on any atom is -0.343 e. The van der Waals surface area contributed by atoms with E-state index in [9.17, 15) is 10.1 Å². The Morgan fingerprint density at radius 3 is 2.69 bits per heavy atom. The lowest BCUT2D eigenvalue weighted by Crippen LogP contribution is -2.36. The zero-order valence-corrected chi connectivity index (χ0v) is 14.6. The minimum atomic E-state index is -0.114. The summed E-state index contributed by atoms with van der Waals surface area (Å²) in [7, 11) is 0. The van der Waals surface area contributed by atoms with Crippen LogP contribution in [0.3, 0.4) is 0 Å². The number of rotatable bonds is 4. The van der Waals surface area contributed by atoms with Gasteiger partial charge < -0.3 is 5.32 Å². The maximum Gasteiger partial charge on any atom is 0.224 e. The number of nitrogens with zero attached hydrogens (tertiary/aromatic N) is 2. The van der Waals surface area contributed by atoms with E-state index in [2.05, 4.69) is 23.5 Å². The van der Waals surface area contributed by atoms with Crippen molar-refractivity contribution in [1.82, 2.24) is 5.32 Å². The van der Waals surface area contributed by atoms with Gasteiger partial charge in [0.1, 0.15) is 6.54 Å². The maximum atomic E-state index is 12.6. The van der Waals surface area contributed by atoms with Gasteiger partial charge >= 0.3 is 0 Å². The summed E-state index contributed by atoms with van der Waals surface area (Å²) in [5, 5.41) is 20.7. The summed E-state index contributed by atoms with van der Waals surface area (Å²) in [4.78, 5) is 12.6. The van der Waals surface area contributed by atoms with E-state index < -0.39 is 0 Å². The second kappa shape index (κ2) is 8.32. The van der Waals surface area contributed by atoms with Gasteiger partial charge in [-0.25, -0.2) is 0 Å². The molecule has 1 fully saturated rings. The average molecular weight is 343 g/mol. The summed E-state index contributed by atoms with van der Waals surface area (Å²) in [5.41, 5.74) is 3.86. The van der Waals surface area contributed by atoms with Crippen LogP contribution in [0.25, 0.3) is 11.1 Å². The highest BCUT2D eigenvalue weighted by Crippen LogP contribution is 2.42. The predicted octanol–water partition coefficient (Wildman–Crippen LogP) is 4.14. The SMILES string of the molecule is N#CCNC(=O)C1CCCCC1c1ccccc1-c1cccc(C#N)c1. The molecule has 0 aliphatic heterocycles. The molecule has 4 nitrogen and oxygen atoms in total. The fourth-order valence-corrected chi connectivity index (χ4v) is 3.91. The van der Waals surface area contributed by atoms with E-state index in [1.54, 1.807) is 6.07 Å². The number of carbonyl (C=O) groups excluding carboxylic acids is 1. The van der Waals surface area contributed by atoms with Gasteiger partial charge in [0, 0.05) is 5.92 Å². The van der Waals surface area contributed by atoms with Crippen LogP contribution in [0.2, 0.25) is 0 Å². The summed E-state index contributed by atoms with van der Waals surface area (Å²) in [6.07, 6.45) is 3.93. The van der Waals surface area contributed by atoms with Crippen LogP contribution in [0.5, 0.6) is 0 Å². The van der Waals surface area contributed by atoms with Crippen LogP contribution in [0.15, 0.2) is 48.5 Å². The smallest absolute Gasteiger partial charge is 0.224 e. The van der Waals surface area contributed by atoms with Gasteiger partial charge in [-0.2, -0.15) is 10.5 Å². The molecule has 1 N–H and O–H groups in total. The van der Waals surface area contributed by atoms with E-state index in [1.807, 2.05) is 36.4 Å². The second-order valence-corrected chi connectivity index (χ2v) is 6.65. The Balaban J connectivity index is 1.98. The van der Waals surface area contributed by atoms with Crippen molar-refractivity contribution >= 4 is 5.91 Å². The van der Waals surface area contributed by atoms with Crippen molar-refractivity contribution in [3.05, 3.63) is 59.7 Å². The zero-order chi connectivity index (χ0) is 18.4. The lowest BCUT2D eigenvalue weighted by molar-refractivity contribution is -0.126. The van der Waals surface area contributed by atoms with Gasteiger partial charge in [0.05, 0.1) is 17.7 Å². The van der Waals surface area contributed by atoms with Gasteiger partial charge in [0.2, 0.25) is 5.91 Å². The van der Waals surface area contributed by atoms with E-state index in [0.29, 0.717) is 5.56 Å². The quantitative estimate of drug-likeness (QED) is 0.848. The standard InChI is InChI=1S/C22H21N3O/c23-12-13-25-22(26)21-11-4-3-10-20(21)19-9-2-1-8-18(19)17-7-5-6-16(14-17)15-24/h1-2,5-9,14,20-21H,3-4,10-11,13H2,(H,25,26). The third-order valence-corrected chi connectivity index (χ3v) is 5.11. The molecular formula is C22H21N3O. The highest BCUT2D eigenvalue weighted by atomic mass is 16.1. The number of carbonyl (C=O) groups is 1. The van der Waals surface area contributed by atoms with Crippen LogP contribution in [-0.2, 0) is 4.79 Å². The molecule has 0 aromatic heterocycles. The number of benzene rings is 2.